The van der Waals surface area contributed by atoms with Gasteiger partial charge in [-0.2, -0.15) is 12.6 Å². The van der Waals surface area contributed by atoms with Crippen LogP contribution in [0.1, 0.15) is 38.8 Å². The van der Waals surface area contributed by atoms with E-state index in [4.69, 9.17) is 15.0 Å². The second-order valence-corrected chi connectivity index (χ2v) is 7.07. The van der Waals surface area contributed by atoms with Gasteiger partial charge in [-0.05, 0) is 57.3 Å². The van der Waals surface area contributed by atoms with E-state index >= 15 is 0 Å². The average molecular weight is 319 g/mol. The molecule has 1 aromatic rings. The van der Waals surface area contributed by atoms with Crippen molar-refractivity contribution in [1.82, 2.24) is 0 Å². The lowest BCUT2D eigenvalue weighted by atomic mass is 9.78. The third-order valence-electron chi connectivity index (χ3n) is 4.47. The zero-order valence-corrected chi connectivity index (χ0v) is 14.8. The minimum absolute atomic E-state index is 0.332. The second-order valence-electron chi connectivity index (χ2n) is 6.75. The Morgan fingerprint density at radius 3 is 2.41 bits per heavy atom. The summed E-state index contributed by atoms with van der Waals surface area (Å²) in [6.45, 7) is 8.90. The summed E-state index contributed by atoms with van der Waals surface area (Å²) in [6.07, 6.45) is 2.99. The van der Waals surface area contributed by atoms with Crippen LogP contribution in [0.3, 0.4) is 0 Å². The largest absolute Gasteiger partial charge is 0.491 e. The quantitative estimate of drug-likeness (QED) is 0.647. The zero-order valence-electron chi connectivity index (χ0n) is 13.9. The van der Waals surface area contributed by atoms with Crippen molar-refractivity contribution in [2.75, 3.05) is 12.3 Å². The van der Waals surface area contributed by atoms with Crippen molar-refractivity contribution in [3.63, 3.8) is 0 Å². The van der Waals surface area contributed by atoms with Crippen LogP contribution in [0.2, 0.25) is 0 Å². The Labute approximate surface area is 139 Å². The molecule has 0 unspecified atom stereocenters. The summed E-state index contributed by atoms with van der Waals surface area (Å²) in [5.74, 6) is 0.595. The first-order valence-electron chi connectivity index (χ1n) is 7.75. The van der Waals surface area contributed by atoms with Crippen LogP contribution >= 0.6 is 12.6 Å². The Morgan fingerprint density at radius 2 is 1.86 bits per heavy atom. The standard InChI is InChI=1S/C17H26BNO2S/c1-16(2)17(3,4)21-18(20-16)15(12-22)11-14-7-5-6-13(10-14)8-9-19/h5-7,10-11,22H,8-9,12,19H2,1-4H3. The average Bonchev–Trinajstić information content (AvgIpc) is 2.65. The van der Waals surface area contributed by atoms with E-state index in [1.54, 1.807) is 0 Å². The van der Waals surface area contributed by atoms with Gasteiger partial charge in [0.1, 0.15) is 0 Å². The van der Waals surface area contributed by atoms with E-state index in [0.717, 1.165) is 17.5 Å². The molecule has 0 spiro atoms. The van der Waals surface area contributed by atoms with E-state index in [0.29, 0.717) is 12.3 Å². The predicted octanol–water partition coefficient (Wildman–Crippen LogP) is 3.13. The summed E-state index contributed by atoms with van der Waals surface area (Å²) in [6, 6.07) is 8.38. The zero-order chi connectivity index (χ0) is 16.4. The maximum Gasteiger partial charge on any atom is 0.491 e. The second kappa shape index (κ2) is 6.79. The third kappa shape index (κ3) is 3.77. The molecule has 0 amide bonds. The van der Waals surface area contributed by atoms with Gasteiger partial charge >= 0.3 is 7.12 Å². The van der Waals surface area contributed by atoms with Gasteiger partial charge in [0.2, 0.25) is 0 Å². The van der Waals surface area contributed by atoms with E-state index in [1.165, 1.54) is 5.56 Å². The fourth-order valence-corrected chi connectivity index (χ4v) is 2.64. The molecule has 0 saturated carbocycles. The van der Waals surface area contributed by atoms with Crippen molar-refractivity contribution in [2.45, 2.75) is 45.3 Å². The molecule has 0 radical (unpaired) electrons. The molecule has 5 heteroatoms. The van der Waals surface area contributed by atoms with Crippen LogP contribution in [0.15, 0.2) is 29.7 Å². The van der Waals surface area contributed by atoms with Crippen LogP contribution in [-0.2, 0) is 15.7 Å². The number of hydrogen-bond donors (Lipinski definition) is 2. The first-order valence-corrected chi connectivity index (χ1v) is 8.38. The molecule has 2 N–H and O–H groups in total. The number of nitrogens with two attached hydrogens (primary N) is 1. The van der Waals surface area contributed by atoms with E-state index in [2.05, 4.69) is 70.7 Å². The topological polar surface area (TPSA) is 44.5 Å². The van der Waals surface area contributed by atoms with Gasteiger partial charge in [0.15, 0.2) is 0 Å². The summed E-state index contributed by atoms with van der Waals surface area (Å²) in [5.41, 5.74) is 8.37. The summed E-state index contributed by atoms with van der Waals surface area (Å²) < 4.78 is 12.2. The van der Waals surface area contributed by atoms with Gasteiger partial charge in [0, 0.05) is 5.75 Å². The molecule has 1 fully saturated rings. The minimum atomic E-state index is -0.347. The Morgan fingerprint density at radius 1 is 1.23 bits per heavy atom. The smallest absolute Gasteiger partial charge is 0.400 e. The van der Waals surface area contributed by atoms with Crippen LogP contribution in [-0.4, -0.2) is 30.6 Å². The maximum atomic E-state index is 6.11. The highest BCUT2D eigenvalue weighted by molar-refractivity contribution is 7.80. The summed E-state index contributed by atoms with van der Waals surface area (Å²) in [7, 11) is -0.347. The maximum absolute atomic E-state index is 6.11. The van der Waals surface area contributed by atoms with Crippen LogP contribution < -0.4 is 5.73 Å². The molecule has 0 atom stereocenters. The van der Waals surface area contributed by atoms with Crippen molar-refractivity contribution in [3.05, 3.63) is 40.9 Å². The van der Waals surface area contributed by atoms with Crippen molar-refractivity contribution in [2.24, 2.45) is 5.73 Å². The number of benzene rings is 1. The summed E-state index contributed by atoms with van der Waals surface area (Å²) in [5, 5.41) is 0. The highest BCUT2D eigenvalue weighted by Crippen LogP contribution is 2.39. The summed E-state index contributed by atoms with van der Waals surface area (Å²) in [4.78, 5) is 0. The van der Waals surface area contributed by atoms with Crippen LogP contribution in [0, 0.1) is 0 Å². The van der Waals surface area contributed by atoms with Crippen LogP contribution in [0.4, 0.5) is 0 Å². The first-order chi connectivity index (χ1) is 10.3. The van der Waals surface area contributed by atoms with Gasteiger partial charge in [-0.1, -0.05) is 30.3 Å². The van der Waals surface area contributed by atoms with Gasteiger partial charge in [-0.25, -0.2) is 0 Å². The molecule has 1 aromatic carbocycles. The van der Waals surface area contributed by atoms with E-state index in [-0.39, 0.29) is 18.3 Å². The van der Waals surface area contributed by atoms with Gasteiger partial charge < -0.3 is 15.0 Å². The predicted molar refractivity (Wildman–Crippen MR) is 97.1 cm³/mol. The van der Waals surface area contributed by atoms with E-state index < -0.39 is 0 Å². The van der Waals surface area contributed by atoms with Crippen LogP contribution in [0.25, 0.3) is 6.08 Å². The minimum Gasteiger partial charge on any atom is -0.400 e. The van der Waals surface area contributed by atoms with E-state index in [1.807, 2.05) is 0 Å². The van der Waals surface area contributed by atoms with Crippen molar-refractivity contribution in [3.8, 4) is 0 Å². The lowest BCUT2D eigenvalue weighted by molar-refractivity contribution is 0.00578. The van der Waals surface area contributed by atoms with Gasteiger partial charge in [-0.3, -0.25) is 0 Å². The monoisotopic (exact) mass is 319 g/mol. The SMILES string of the molecule is CC1(C)OB(C(=Cc2cccc(CCN)c2)CS)OC1(C)C. The van der Waals surface area contributed by atoms with E-state index in [9.17, 15) is 0 Å². The molecule has 1 aliphatic rings. The fourth-order valence-electron chi connectivity index (χ4n) is 2.40. The normalized spacial score (nSPS) is 20.5. The molecular formula is C17H26BNO2S. The van der Waals surface area contributed by atoms with Crippen molar-refractivity contribution >= 4 is 25.8 Å². The first kappa shape index (κ1) is 17.6. The molecule has 120 valence electrons. The molecule has 1 aliphatic heterocycles. The lowest BCUT2D eigenvalue weighted by Crippen LogP contribution is -2.41. The lowest BCUT2D eigenvalue weighted by Gasteiger charge is -2.32. The van der Waals surface area contributed by atoms with Gasteiger partial charge in [0.05, 0.1) is 11.2 Å². The summed E-state index contributed by atoms with van der Waals surface area (Å²) >= 11 is 4.45. The van der Waals surface area contributed by atoms with Crippen molar-refractivity contribution < 1.29 is 9.31 Å². The highest BCUT2D eigenvalue weighted by atomic mass is 32.1. The molecule has 3 nitrogen and oxygen atoms in total. The Bertz CT molecular complexity index is 541. The number of thiol groups is 1. The fraction of sp³-hybridized carbons (Fsp3) is 0.529. The Kier molecular flexibility index (Phi) is 5.43. The molecule has 1 heterocycles. The molecule has 0 aliphatic carbocycles. The molecule has 0 aromatic heterocycles. The molecule has 2 rings (SSSR count). The van der Waals surface area contributed by atoms with Gasteiger partial charge in [-0.15, -0.1) is 0 Å². The molecule has 0 bridgehead atoms. The Hall–Kier alpha value is -0.745. The molecule has 1 saturated heterocycles. The van der Waals surface area contributed by atoms with Crippen LogP contribution in [0.5, 0.6) is 0 Å². The third-order valence-corrected chi connectivity index (χ3v) is 4.84. The molecular weight excluding hydrogens is 293 g/mol. The highest BCUT2D eigenvalue weighted by Gasteiger charge is 2.52. The Balaban J connectivity index is 2.23. The number of rotatable bonds is 5. The van der Waals surface area contributed by atoms with Gasteiger partial charge in [0.25, 0.3) is 0 Å². The van der Waals surface area contributed by atoms with Crippen molar-refractivity contribution in [1.29, 1.82) is 0 Å². The number of hydrogen-bond acceptors (Lipinski definition) is 4. The molecule has 22 heavy (non-hydrogen) atoms.